The Morgan fingerprint density at radius 2 is 1.87 bits per heavy atom. The number of nitrogens with zero attached hydrogens (tertiary/aromatic N) is 3. The Morgan fingerprint density at radius 1 is 1.16 bits per heavy atom. The number of ether oxygens (including phenoxy) is 1. The van der Waals surface area contributed by atoms with E-state index in [1.54, 1.807) is 30.0 Å². The molecule has 0 N–H and O–H groups in total. The molecule has 0 aromatic carbocycles. The van der Waals surface area contributed by atoms with E-state index in [1.807, 2.05) is 37.4 Å². The topological polar surface area (TPSA) is 81.5 Å². The van der Waals surface area contributed by atoms with E-state index in [4.69, 9.17) is 4.74 Å². The van der Waals surface area contributed by atoms with Crippen molar-refractivity contribution >= 4 is 29.0 Å². The maximum atomic E-state index is 13.4. The number of methoxy groups -OCH3 is 1. The average molecular weight is 440 g/mol. The van der Waals surface area contributed by atoms with Crippen molar-refractivity contribution in [3.63, 3.8) is 0 Å². The summed E-state index contributed by atoms with van der Waals surface area (Å²) in [5.74, 6) is -0.908. The molecule has 162 valence electrons. The first-order chi connectivity index (χ1) is 14.9. The Labute approximate surface area is 185 Å². The van der Waals surface area contributed by atoms with Gasteiger partial charge in [-0.25, -0.2) is 4.79 Å². The minimum Gasteiger partial charge on any atom is -0.464 e. The van der Waals surface area contributed by atoms with Gasteiger partial charge in [-0.15, -0.1) is 11.3 Å². The summed E-state index contributed by atoms with van der Waals surface area (Å²) in [7, 11) is 1.32. The van der Waals surface area contributed by atoms with E-state index >= 15 is 0 Å². The van der Waals surface area contributed by atoms with Crippen molar-refractivity contribution in [1.29, 1.82) is 0 Å². The number of thiophene rings is 1. The van der Waals surface area contributed by atoms with Crippen molar-refractivity contribution in [3.8, 4) is 0 Å². The summed E-state index contributed by atoms with van der Waals surface area (Å²) in [5, 5.41) is 1.83. The van der Waals surface area contributed by atoms with Crippen LogP contribution in [-0.4, -0.2) is 45.8 Å². The quantitative estimate of drug-likeness (QED) is 0.393. The summed E-state index contributed by atoms with van der Waals surface area (Å²) in [6, 6.07) is 7.19. The van der Waals surface area contributed by atoms with Crippen LogP contribution in [0.2, 0.25) is 0 Å². The first-order valence-corrected chi connectivity index (χ1v) is 10.8. The molecule has 0 fully saturated rings. The third kappa shape index (κ3) is 4.59. The first kappa shape index (κ1) is 22.4. The van der Waals surface area contributed by atoms with Gasteiger partial charge in [0, 0.05) is 36.7 Å². The van der Waals surface area contributed by atoms with Crippen LogP contribution in [-0.2, 0) is 17.8 Å². The van der Waals surface area contributed by atoms with Gasteiger partial charge >= 0.3 is 5.97 Å². The van der Waals surface area contributed by atoms with Crippen molar-refractivity contribution in [3.05, 3.63) is 75.0 Å². The largest absolute Gasteiger partial charge is 0.464 e. The Hall–Kier alpha value is -3.26. The van der Waals surface area contributed by atoms with Crippen molar-refractivity contribution in [2.24, 2.45) is 0 Å². The lowest BCUT2D eigenvalue weighted by Crippen LogP contribution is -2.35. The Balaban J connectivity index is 1.96. The lowest BCUT2D eigenvalue weighted by atomic mass is 10.0. The zero-order valence-electron chi connectivity index (χ0n) is 18.0. The SMILES string of the molecule is CCn1c(C)c(C(=O)CN(Cc2ccncc2)C(=O)c2cccs2)c(C)c1C(=O)OC. The van der Waals surface area contributed by atoms with Crippen LogP contribution >= 0.6 is 11.3 Å². The standard InChI is InChI=1S/C23H25N3O4S/c1-5-26-16(3)20(15(2)21(26)23(29)30-4)18(27)14-25(13-17-8-10-24-11-9-17)22(28)19-7-6-12-31-19/h6-12H,5,13-14H2,1-4H3. The van der Waals surface area contributed by atoms with Gasteiger partial charge < -0.3 is 14.2 Å². The van der Waals surface area contributed by atoms with E-state index in [-0.39, 0.29) is 24.8 Å². The fourth-order valence-electron chi connectivity index (χ4n) is 3.78. The lowest BCUT2D eigenvalue weighted by molar-refractivity contribution is 0.0587. The van der Waals surface area contributed by atoms with Gasteiger partial charge in [0.15, 0.2) is 5.78 Å². The lowest BCUT2D eigenvalue weighted by Gasteiger charge is -2.22. The third-order valence-corrected chi connectivity index (χ3v) is 6.07. The molecular formula is C23H25N3O4S. The molecule has 0 atom stereocenters. The Morgan fingerprint density at radius 3 is 2.45 bits per heavy atom. The smallest absolute Gasteiger partial charge is 0.354 e. The van der Waals surface area contributed by atoms with Gasteiger partial charge in [0.25, 0.3) is 5.91 Å². The van der Waals surface area contributed by atoms with Crippen LogP contribution in [0.1, 0.15) is 54.3 Å². The second-order valence-corrected chi connectivity index (χ2v) is 8.03. The minimum atomic E-state index is -0.482. The zero-order chi connectivity index (χ0) is 22.5. The van der Waals surface area contributed by atoms with Gasteiger partial charge in [0.05, 0.1) is 18.5 Å². The number of pyridine rings is 1. The molecule has 31 heavy (non-hydrogen) atoms. The molecule has 8 heteroatoms. The molecule has 0 aliphatic heterocycles. The predicted molar refractivity (Wildman–Crippen MR) is 119 cm³/mol. The average Bonchev–Trinajstić information content (AvgIpc) is 3.39. The summed E-state index contributed by atoms with van der Waals surface area (Å²) >= 11 is 1.34. The van der Waals surface area contributed by atoms with Gasteiger partial charge in [-0.3, -0.25) is 14.6 Å². The Bertz CT molecular complexity index is 1090. The molecule has 0 spiro atoms. The van der Waals surface area contributed by atoms with Crippen LogP contribution in [0.3, 0.4) is 0 Å². The highest BCUT2D eigenvalue weighted by Crippen LogP contribution is 2.25. The number of carbonyl (C=O) groups excluding carboxylic acids is 3. The van der Waals surface area contributed by atoms with Gasteiger partial charge in [0.2, 0.25) is 0 Å². The molecule has 7 nitrogen and oxygen atoms in total. The molecule has 0 unspecified atom stereocenters. The summed E-state index contributed by atoms with van der Waals surface area (Å²) < 4.78 is 6.70. The van der Waals surface area contributed by atoms with E-state index in [2.05, 4.69) is 4.98 Å². The van der Waals surface area contributed by atoms with Gasteiger partial charge in [-0.05, 0) is 55.5 Å². The van der Waals surface area contributed by atoms with Crippen LogP contribution in [0.5, 0.6) is 0 Å². The van der Waals surface area contributed by atoms with Gasteiger partial charge in [0.1, 0.15) is 5.69 Å². The number of aromatic nitrogens is 2. The molecule has 3 heterocycles. The normalized spacial score (nSPS) is 10.7. The number of ketones is 1. The molecule has 1 amide bonds. The molecule has 3 aromatic heterocycles. The number of carbonyl (C=O) groups is 3. The van der Waals surface area contributed by atoms with Crippen molar-refractivity contribution in [1.82, 2.24) is 14.5 Å². The number of hydrogen-bond donors (Lipinski definition) is 0. The summed E-state index contributed by atoms with van der Waals surface area (Å²) in [6.07, 6.45) is 3.31. The van der Waals surface area contributed by atoms with Crippen LogP contribution in [0, 0.1) is 13.8 Å². The molecule has 0 aliphatic carbocycles. The molecule has 0 aliphatic rings. The van der Waals surface area contributed by atoms with E-state index in [0.29, 0.717) is 33.9 Å². The van der Waals surface area contributed by atoms with Gasteiger partial charge in [-0.1, -0.05) is 6.07 Å². The van der Waals surface area contributed by atoms with Crippen LogP contribution in [0.4, 0.5) is 0 Å². The maximum absolute atomic E-state index is 13.4. The number of amides is 1. The maximum Gasteiger partial charge on any atom is 0.354 e. The molecule has 0 radical (unpaired) electrons. The zero-order valence-corrected chi connectivity index (χ0v) is 18.9. The predicted octanol–water partition coefficient (Wildman–Crippen LogP) is 3.89. The van der Waals surface area contributed by atoms with Crippen LogP contribution in [0.25, 0.3) is 0 Å². The third-order valence-electron chi connectivity index (χ3n) is 5.22. The summed E-state index contributed by atoms with van der Waals surface area (Å²) in [4.78, 5) is 44.9. The molecular weight excluding hydrogens is 414 g/mol. The minimum absolute atomic E-state index is 0.102. The van der Waals surface area contributed by atoms with E-state index in [1.165, 1.54) is 23.3 Å². The van der Waals surface area contributed by atoms with E-state index in [9.17, 15) is 14.4 Å². The number of esters is 1. The fraction of sp³-hybridized carbons (Fsp3) is 0.304. The summed E-state index contributed by atoms with van der Waals surface area (Å²) in [6.45, 7) is 6.16. The molecule has 3 rings (SSSR count). The number of rotatable bonds is 8. The van der Waals surface area contributed by atoms with Crippen molar-refractivity contribution < 1.29 is 19.1 Å². The second kappa shape index (κ2) is 9.70. The van der Waals surface area contributed by atoms with Crippen molar-refractivity contribution in [2.75, 3.05) is 13.7 Å². The van der Waals surface area contributed by atoms with E-state index < -0.39 is 5.97 Å². The van der Waals surface area contributed by atoms with Crippen molar-refractivity contribution in [2.45, 2.75) is 33.9 Å². The molecule has 0 saturated heterocycles. The van der Waals surface area contributed by atoms with Gasteiger partial charge in [-0.2, -0.15) is 0 Å². The number of hydrogen-bond acceptors (Lipinski definition) is 6. The Kier molecular flexibility index (Phi) is 7.02. The highest BCUT2D eigenvalue weighted by atomic mass is 32.1. The highest BCUT2D eigenvalue weighted by molar-refractivity contribution is 7.12. The monoisotopic (exact) mass is 439 g/mol. The van der Waals surface area contributed by atoms with Crippen LogP contribution in [0.15, 0.2) is 42.0 Å². The summed E-state index contributed by atoms with van der Waals surface area (Å²) in [5.41, 5.74) is 2.97. The van der Waals surface area contributed by atoms with E-state index in [0.717, 1.165) is 5.56 Å². The van der Waals surface area contributed by atoms with Crippen LogP contribution < -0.4 is 0 Å². The molecule has 0 bridgehead atoms. The molecule has 0 saturated carbocycles. The molecule has 3 aromatic rings. The highest BCUT2D eigenvalue weighted by Gasteiger charge is 2.28. The fourth-order valence-corrected chi connectivity index (χ4v) is 4.47. The second-order valence-electron chi connectivity index (χ2n) is 7.09. The first-order valence-electron chi connectivity index (χ1n) is 9.91. The number of Topliss-reactive ketones (excluding diaryl/α,β-unsaturated/α-hetero) is 1.